The second-order valence-corrected chi connectivity index (χ2v) is 6.79. The van der Waals surface area contributed by atoms with Crippen LogP contribution in [0, 0.1) is 0 Å². The van der Waals surface area contributed by atoms with E-state index in [0.717, 1.165) is 22.4 Å². The lowest BCUT2D eigenvalue weighted by atomic mass is 10.2. The third-order valence-electron chi connectivity index (χ3n) is 4.73. The highest BCUT2D eigenvalue weighted by atomic mass is 16.5. The fourth-order valence-corrected chi connectivity index (χ4v) is 3.36. The molecular weight excluding hydrogens is 380 g/mol. The maximum atomic E-state index is 12.3. The first-order valence-corrected chi connectivity index (χ1v) is 9.94. The van der Waals surface area contributed by atoms with Gasteiger partial charge in [0.25, 0.3) is 5.56 Å². The van der Waals surface area contributed by atoms with Crippen LogP contribution in [0.25, 0.3) is 28.2 Å². The summed E-state index contributed by atoms with van der Waals surface area (Å²) in [5.41, 5.74) is 2.49. The van der Waals surface area contributed by atoms with Crippen molar-refractivity contribution in [3.05, 3.63) is 77.1 Å². The molecule has 0 unspecified atom stereocenters. The highest BCUT2D eigenvalue weighted by molar-refractivity contribution is 5.82. The summed E-state index contributed by atoms with van der Waals surface area (Å²) in [5.74, 6) is 1.08. The fourth-order valence-electron chi connectivity index (χ4n) is 3.36. The Kier molecular flexibility index (Phi) is 5.70. The summed E-state index contributed by atoms with van der Waals surface area (Å²) in [6, 6.07) is 20.9. The first kappa shape index (κ1) is 19.6. The van der Waals surface area contributed by atoms with E-state index in [9.17, 15) is 9.59 Å². The molecule has 0 saturated heterocycles. The zero-order chi connectivity index (χ0) is 20.9. The Morgan fingerprint density at radius 1 is 1.00 bits per heavy atom. The summed E-state index contributed by atoms with van der Waals surface area (Å²) < 4.78 is 8.28. The number of carbonyl (C=O) groups is 1. The normalized spacial score (nSPS) is 11.0. The van der Waals surface area contributed by atoms with Crippen LogP contribution in [0.1, 0.15) is 19.8 Å². The maximum Gasteiger partial charge on any atom is 0.305 e. The highest BCUT2D eigenvalue weighted by Gasteiger charge is 2.15. The summed E-state index contributed by atoms with van der Waals surface area (Å²) >= 11 is 0. The fraction of sp³-hybridized carbons (Fsp3) is 0.217. The van der Waals surface area contributed by atoms with Gasteiger partial charge in [0.1, 0.15) is 5.82 Å². The van der Waals surface area contributed by atoms with E-state index in [2.05, 4.69) is 5.10 Å². The Morgan fingerprint density at radius 3 is 2.57 bits per heavy atom. The van der Waals surface area contributed by atoms with Crippen molar-refractivity contribution in [2.24, 2.45) is 0 Å². The molecule has 7 heteroatoms. The lowest BCUT2D eigenvalue weighted by molar-refractivity contribution is -0.143. The van der Waals surface area contributed by atoms with E-state index in [-0.39, 0.29) is 17.9 Å². The summed E-state index contributed by atoms with van der Waals surface area (Å²) in [7, 11) is 0. The van der Waals surface area contributed by atoms with Crippen LogP contribution in [-0.4, -0.2) is 31.9 Å². The minimum Gasteiger partial charge on any atom is -0.466 e. The third-order valence-corrected chi connectivity index (χ3v) is 4.73. The first-order valence-electron chi connectivity index (χ1n) is 9.94. The molecule has 0 aliphatic heterocycles. The average molecular weight is 402 g/mol. The Labute approximate surface area is 173 Å². The zero-order valence-electron chi connectivity index (χ0n) is 16.7. The molecule has 0 N–H and O–H groups in total. The summed E-state index contributed by atoms with van der Waals surface area (Å²) in [6.07, 6.45) is 0.723. The van der Waals surface area contributed by atoms with Crippen molar-refractivity contribution < 1.29 is 9.53 Å². The second kappa shape index (κ2) is 8.73. The van der Waals surface area contributed by atoms with Crippen LogP contribution < -0.4 is 5.56 Å². The van der Waals surface area contributed by atoms with Crippen molar-refractivity contribution >= 4 is 17.0 Å². The maximum absolute atomic E-state index is 12.3. The summed E-state index contributed by atoms with van der Waals surface area (Å²) in [6.45, 7) is 2.45. The van der Waals surface area contributed by atoms with Gasteiger partial charge in [-0.25, -0.2) is 9.67 Å². The van der Waals surface area contributed by atoms with Crippen LogP contribution in [-0.2, 0) is 16.1 Å². The lowest BCUT2D eigenvalue weighted by Gasteiger charge is -2.11. The van der Waals surface area contributed by atoms with Crippen LogP contribution in [0.3, 0.4) is 0 Å². The van der Waals surface area contributed by atoms with Crippen molar-refractivity contribution in [3.8, 4) is 17.2 Å². The summed E-state index contributed by atoms with van der Waals surface area (Å²) in [4.78, 5) is 28.7. The number of hydrogen-bond acceptors (Lipinski definition) is 5. The number of fused-ring (bicyclic) bond motifs is 1. The van der Waals surface area contributed by atoms with Gasteiger partial charge in [-0.1, -0.05) is 42.5 Å². The number of carbonyl (C=O) groups excluding carboxylic acids is 1. The number of aromatic nitrogens is 4. The number of aryl methyl sites for hydroxylation is 1. The molecule has 2 heterocycles. The molecule has 2 aromatic carbocycles. The van der Waals surface area contributed by atoms with Crippen LogP contribution in [0.15, 0.2) is 71.5 Å². The van der Waals surface area contributed by atoms with Crippen LogP contribution in [0.4, 0.5) is 0 Å². The van der Waals surface area contributed by atoms with Gasteiger partial charge in [-0.3, -0.25) is 14.2 Å². The predicted molar refractivity (Wildman–Crippen MR) is 114 cm³/mol. The number of hydrogen-bond donors (Lipinski definition) is 0. The number of esters is 1. The standard InChI is InChI=1S/C23H22N4O3/c1-2-30-22(29)13-8-16-26-21(28)15-14-20(25-26)27-19-12-7-6-11-18(19)24-23(27)17-9-4-3-5-10-17/h3-7,9-12,14-15H,2,8,13,16H2,1H3. The zero-order valence-corrected chi connectivity index (χ0v) is 16.7. The molecule has 152 valence electrons. The molecule has 2 aromatic heterocycles. The molecule has 4 rings (SSSR count). The molecule has 30 heavy (non-hydrogen) atoms. The van der Waals surface area contributed by atoms with E-state index < -0.39 is 0 Å². The van der Waals surface area contributed by atoms with Gasteiger partial charge in [0.2, 0.25) is 0 Å². The van der Waals surface area contributed by atoms with E-state index in [0.29, 0.717) is 25.4 Å². The molecule has 0 saturated carbocycles. The summed E-state index contributed by atoms with van der Waals surface area (Å²) in [5, 5.41) is 4.57. The molecule has 0 spiro atoms. The Hall–Kier alpha value is -3.74. The largest absolute Gasteiger partial charge is 0.466 e. The number of para-hydroxylation sites is 2. The van der Waals surface area contributed by atoms with Gasteiger partial charge in [-0.05, 0) is 31.5 Å². The molecular formula is C23H22N4O3. The minimum atomic E-state index is -0.270. The van der Waals surface area contributed by atoms with Gasteiger partial charge in [0, 0.05) is 24.6 Å². The molecule has 0 fully saturated rings. The van der Waals surface area contributed by atoms with Crippen LogP contribution in [0.5, 0.6) is 0 Å². The monoisotopic (exact) mass is 402 g/mol. The van der Waals surface area contributed by atoms with Gasteiger partial charge in [0.05, 0.1) is 17.6 Å². The van der Waals surface area contributed by atoms with Crippen molar-refractivity contribution in [1.29, 1.82) is 0 Å². The number of benzene rings is 2. The average Bonchev–Trinajstić information content (AvgIpc) is 3.15. The highest BCUT2D eigenvalue weighted by Crippen LogP contribution is 2.27. The predicted octanol–water partition coefficient (Wildman–Crippen LogP) is 3.59. The molecule has 0 amide bonds. The lowest BCUT2D eigenvalue weighted by Crippen LogP contribution is -2.24. The van der Waals surface area contributed by atoms with Gasteiger partial charge in [0.15, 0.2) is 5.82 Å². The Bertz CT molecular complexity index is 1230. The SMILES string of the molecule is CCOC(=O)CCCn1nc(-n2c(-c3ccccc3)nc3ccccc32)ccc1=O. The Balaban J connectivity index is 1.74. The molecule has 4 aromatic rings. The first-order chi connectivity index (χ1) is 14.7. The smallest absolute Gasteiger partial charge is 0.305 e. The number of nitrogens with zero attached hydrogens (tertiary/aromatic N) is 4. The number of rotatable bonds is 7. The van der Waals surface area contributed by atoms with Crippen molar-refractivity contribution in [2.75, 3.05) is 6.61 Å². The molecule has 7 nitrogen and oxygen atoms in total. The van der Waals surface area contributed by atoms with Crippen molar-refractivity contribution in [3.63, 3.8) is 0 Å². The van der Waals surface area contributed by atoms with E-state index in [1.807, 2.05) is 59.2 Å². The molecule has 0 bridgehead atoms. The second-order valence-electron chi connectivity index (χ2n) is 6.79. The van der Waals surface area contributed by atoms with Gasteiger partial charge >= 0.3 is 5.97 Å². The molecule has 0 atom stereocenters. The van der Waals surface area contributed by atoms with Gasteiger partial charge in [-0.2, -0.15) is 5.10 Å². The van der Waals surface area contributed by atoms with E-state index in [4.69, 9.17) is 9.72 Å². The van der Waals surface area contributed by atoms with Crippen LogP contribution >= 0.6 is 0 Å². The van der Waals surface area contributed by atoms with Crippen molar-refractivity contribution in [2.45, 2.75) is 26.3 Å². The van der Waals surface area contributed by atoms with E-state index in [1.165, 1.54) is 10.7 Å². The van der Waals surface area contributed by atoms with E-state index >= 15 is 0 Å². The molecule has 0 radical (unpaired) electrons. The third kappa shape index (κ3) is 4.00. The van der Waals surface area contributed by atoms with Gasteiger partial charge < -0.3 is 4.74 Å². The molecule has 0 aliphatic rings. The minimum absolute atomic E-state index is 0.215. The Morgan fingerprint density at radius 2 is 1.77 bits per heavy atom. The van der Waals surface area contributed by atoms with Crippen LogP contribution in [0.2, 0.25) is 0 Å². The topological polar surface area (TPSA) is 79.0 Å². The quantitative estimate of drug-likeness (QED) is 0.442. The molecule has 0 aliphatic carbocycles. The van der Waals surface area contributed by atoms with Crippen molar-refractivity contribution in [1.82, 2.24) is 19.3 Å². The number of imidazole rings is 1. The van der Waals surface area contributed by atoms with Gasteiger partial charge in [-0.15, -0.1) is 0 Å². The number of ether oxygens (including phenoxy) is 1. The van der Waals surface area contributed by atoms with E-state index in [1.54, 1.807) is 13.0 Å².